The van der Waals surface area contributed by atoms with Gasteiger partial charge in [-0.05, 0) is 36.3 Å². The zero-order valence-electron chi connectivity index (χ0n) is 13.9. The first-order chi connectivity index (χ1) is 12.2. The fourth-order valence-corrected chi connectivity index (χ4v) is 3.88. The van der Waals surface area contributed by atoms with Gasteiger partial charge < -0.3 is 15.6 Å². The molecule has 0 aliphatic carbocycles. The van der Waals surface area contributed by atoms with E-state index in [4.69, 9.17) is 0 Å². The second-order valence-corrected chi connectivity index (χ2v) is 7.11. The molecule has 0 saturated carbocycles. The number of anilines is 1. The Balaban J connectivity index is 1.51. The predicted octanol–water partition coefficient (Wildman–Crippen LogP) is 4.33. The molecule has 0 radical (unpaired) electrons. The summed E-state index contributed by atoms with van der Waals surface area (Å²) in [5.74, 6) is -0.0436. The predicted molar refractivity (Wildman–Crippen MR) is 105 cm³/mol. The van der Waals surface area contributed by atoms with Crippen molar-refractivity contribution in [2.45, 2.75) is 18.8 Å². The third-order valence-corrected chi connectivity index (χ3v) is 5.33. The van der Waals surface area contributed by atoms with Gasteiger partial charge in [-0.3, -0.25) is 4.79 Å². The smallest absolute Gasteiger partial charge is 0.260 e. The fourth-order valence-electron chi connectivity index (χ4n) is 2.91. The molecule has 0 unspecified atom stereocenters. The van der Waals surface area contributed by atoms with Crippen molar-refractivity contribution in [1.29, 1.82) is 0 Å². The Morgan fingerprint density at radius 1 is 1.16 bits per heavy atom. The maximum absolute atomic E-state index is 12.3. The third-order valence-electron chi connectivity index (χ3n) is 4.30. The molecule has 3 aromatic rings. The number of carbonyl (C=O) groups excluding carboxylic acids is 1. The lowest BCUT2D eigenvalue weighted by molar-refractivity contribution is -0.116. The van der Waals surface area contributed by atoms with E-state index >= 15 is 0 Å². The number of H-pyrrole nitrogens is 1. The number of hydrogen-bond donors (Lipinski definition) is 3. The second-order valence-electron chi connectivity index (χ2n) is 5.96. The minimum atomic E-state index is -0.156. The van der Waals surface area contributed by atoms with Gasteiger partial charge in [-0.1, -0.05) is 49.0 Å². The normalized spacial score (nSPS) is 18.7. The number of aromatic amines is 1. The van der Waals surface area contributed by atoms with Gasteiger partial charge in [-0.2, -0.15) is 0 Å². The fraction of sp³-hybridized carbons (Fsp3) is 0.150. The lowest BCUT2D eigenvalue weighted by Gasteiger charge is -2.12. The highest BCUT2D eigenvalue weighted by Crippen LogP contribution is 2.31. The Bertz CT molecular complexity index is 943. The second kappa shape index (κ2) is 6.69. The molecule has 1 atom stereocenters. The van der Waals surface area contributed by atoms with Gasteiger partial charge in [0.05, 0.1) is 4.91 Å². The summed E-state index contributed by atoms with van der Waals surface area (Å²) < 4.78 is 0. The number of amides is 1. The Morgan fingerprint density at radius 2 is 1.96 bits per heavy atom. The summed E-state index contributed by atoms with van der Waals surface area (Å²) >= 11 is 1.51. The van der Waals surface area contributed by atoms with E-state index in [0.29, 0.717) is 4.91 Å². The first kappa shape index (κ1) is 15.8. The van der Waals surface area contributed by atoms with Crippen LogP contribution in [0, 0.1) is 0 Å². The molecular weight excluding hydrogens is 330 g/mol. The van der Waals surface area contributed by atoms with Gasteiger partial charge in [0.1, 0.15) is 0 Å². The molecule has 126 valence electrons. The molecule has 25 heavy (non-hydrogen) atoms. The molecule has 1 amide bonds. The largest absolute Gasteiger partial charge is 0.361 e. The molecule has 5 heteroatoms. The summed E-state index contributed by atoms with van der Waals surface area (Å²) in [6.07, 6.45) is 4.91. The summed E-state index contributed by atoms with van der Waals surface area (Å²) in [5, 5.41) is 7.45. The number of benzene rings is 2. The van der Waals surface area contributed by atoms with Gasteiger partial charge in [0.15, 0.2) is 5.50 Å². The number of aryl methyl sites for hydroxylation is 1. The topological polar surface area (TPSA) is 56.9 Å². The highest BCUT2D eigenvalue weighted by Gasteiger charge is 2.27. The minimum absolute atomic E-state index is 0.0436. The quantitative estimate of drug-likeness (QED) is 0.615. The van der Waals surface area contributed by atoms with E-state index in [2.05, 4.69) is 40.7 Å². The van der Waals surface area contributed by atoms with Crippen molar-refractivity contribution in [1.82, 2.24) is 10.3 Å². The van der Waals surface area contributed by atoms with Crippen LogP contribution in [-0.2, 0) is 11.2 Å². The summed E-state index contributed by atoms with van der Waals surface area (Å²) in [5.41, 5.74) is 4.25. The lowest BCUT2D eigenvalue weighted by Crippen LogP contribution is -2.30. The summed E-state index contributed by atoms with van der Waals surface area (Å²) in [6.45, 7) is 2.14. The van der Waals surface area contributed by atoms with Gasteiger partial charge >= 0.3 is 0 Å². The molecule has 4 rings (SSSR count). The first-order valence-electron chi connectivity index (χ1n) is 8.34. The number of fused-ring (bicyclic) bond motifs is 1. The number of para-hydroxylation sites is 1. The van der Waals surface area contributed by atoms with Gasteiger partial charge in [0.2, 0.25) is 0 Å². The zero-order valence-corrected chi connectivity index (χ0v) is 14.7. The maximum Gasteiger partial charge on any atom is 0.260 e. The number of hydrogen-bond acceptors (Lipinski definition) is 3. The Kier molecular flexibility index (Phi) is 4.24. The van der Waals surface area contributed by atoms with E-state index in [-0.39, 0.29) is 11.4 Å². The van der Waals surface area contributed by atoms with Crippen LogP contribution in [0.4, 0.5) is 5.69 Å². The molecule has 1 aliphatic heterocycles. The van der Waals surface area contributed by atoms with Crippen molar-refractivity contribution >= 4 is 40.3 Å². The third kappa shape index (κ3) is 3.28. The van der Waals surface area contributed by atoms with Crippen molar-refractivity contribution in [2.75, 3.05) is 5.32 Å². The van der Waals surface area contributed by atoms with E-state index in [1.54, 1.807) is 0 Å². The zero-order chi connectivity index (χ0) is 17.2. The van der Waals surface area contributed by atoms with Gasteiger partial charge in [0.25, 0.3) is 5.91 Å². The van der Waals surface area contributed by atoms with Crippen LogP contribution in [0.15, 0.2) is 59.6 Å². The Labute approximate surface area is 150 Å². The highest BCUT2D eigenvalue weighted by atomic mass is 32.2. The van der Waals surface area contributed by atoms with Crippen molar-refractivity contribution in [3.63, 3.8) is 0 Å². The van der Waals surface area contributed by atoms with Gasteiger partial charge in [-0.15, -0.1) is 0 Å². The molecular formula is C20H19N3OS. The lowest BCUT2D eigenvalue weighted by atomic mass is 10.1. The van der Waals surface area contributed by atoms with Crippen LogP contribution in [0.3, 0.4) is 0 Å². The van der Waals surface area contributed by atoms with Crippen molar-refractivity contribution in [2.24, 2.45) is 0 Å². The van der Waals surface area contributed by atoms with Crippen molar-refractivity contribution in [3.8, 4) is 0 Å². The Morgan fingerprint density at radius 3 is 2.76 bits per heavy atom. The molecule has 2 heterocycles. The van der Waals surface area contributed by atoms with Crippen LogP contribution < -0.4 is 10.6 Å². The van der Waals surface area contributed by atoms with Crippen molar-refractivity contribution < 1.29 is 4.79 Å². The van der Waals surface area contributed by atoms with Crippen LogP contribution >= 0.6 is 11.8 Å². The molecule has 1 aromatic heterocycles. The number of thioether (sulfide) groups is 1. The van der Waals surface area contributed by atoms with E-state index in [9.17, 15) is 4.79 Å². The molecule has 2 aromatic carbocycles. The monoisotopic (exact) mass is 349 g/mol. The average Bonchev–Trinajstić information content (AvgIpc) is 3.20. The van der Waals surface area contributed by atoms with Crippen LogP contribution in [0.1, 0.15) is 18.1 Å². The molecule has 0 spiro atoms. The van der Waals surface area contributed by atoms with E-state index in [1.165, 1.54) is 17.3 Å². The minimum Gasteiger partial charge on any atom is -0.361 e. The summed E-state index contributed by atoms with van der Waals surface area (Å²) in [6, 6.07) is 16.4. The van der Waals surface area contributed by atoms with Gasteiger partial charge in [0, 0.05) is 28.4 Å². The SMILES string of the molecule is CCc1ccc(N[C@H]2NC(=O)/C(=C/c3c[nH]c4ccccc34)S2)cc1. The molecule has 1 fully saturated rings. The maximum atomic E-state index is 12.3. The van der Waals surface area contributed by atoms with E-state index < -0.39 is 0 Å². The van der Waals surface area contributed by atoms with E-state index in [1.807, 2.05) is 42.6 Å². The van der Waals surface area contributed by atoms with E-state index in [0.717, 1.165) is 28.6 Å². The van der Waals surface area contributed by atoms with Crippen LogP contribution in [0.25, 0.3) is 17.0 Å². The van der Waals surface area contributed by atoms with Crippen molar-refractivity contribution in [3.05, 3.63) is 70.8 Å². The van der Waals surface area contributed by atoms with Gasteiger partial charge in [-0.25, -0.2) is 0 Å². The number of aromatic nitrogens is 1. The molecule has 3 N–H and O–H groups in total. The molecule has 4 nitrogen and oxygen atoms in total. The van der Waals surface area contributed by atoms with Crippen LogP contribution in [0.2, 0.25) is 0 Å². The highest BCUT2D eigenvalue weighted by molar-refractivity contribution is 8.05. The van der Waals surface area contributed by atoms with Crippen LogP contribution in [-0.4, -0.2) is 16.4 Å². The standard InChI is InChI=1S/C20H19N3OS/c1-2-13-7-9-15(10-8-13)22-20-23-19(24)18(25-20)11-14-12-21-17-6-4-3-5-16(14)17/h3-12,20-22H,2H2,1H3,(H,23,24)/b18-11-/t20-/m0/s1. The number of rotatable bonds is 4. The Hall–Kier alpha value is -2.66. The number of nitrogens with one attached hydrogen (secondary N) is 3. The number of carbonyl (C=O) groups is 1. The summed E-state index contributed by atoms with van der Waals surface area (Å²) in [4.78, 5) is 16.2. The molecule has 1 saturated heterocycles. The van der Waals surface area contributed by atoms with Crippen LogP contribution in [0.5, 0.6) is 0 Å². The molecule has 1 aliphatic rings. The average molecular weight is 349 g/mol. The first-order valence-corrected chi connectivity index (χ1v) is 9.22. The summed E-state index contributed by atoms with van der Waals surface area (Å²) in [7, 11) is 0. The molecule has 0 bridgehead atoms.